The highest BCUT2D eigenvalue weighted by Gasteiger charge is 2.09. The molecule has 0 atom stereocenters. The van der Waals surface area contributed by atoms with Crippen LogP contribution in [-0.4, -0.2) is 25.1 Å². The molecule has 0 radical (unpaired) electrons. The number of nitrogens with zero attached hydrogens (tertiary/aromatic N) is 2. The SMILES string of the molecule is C=CCNCc1ccc(F)c(N(C)CCc2ccncc2)c1. The fourth-order valence-electron chi connectivity index (χ4n) is 2.25. The average Bonchev–Trinajstić information content (AvgIpc) is 2.55. The van der Waals surface area contributed by atoms with Gasteiger partial charge in [0.05, 0.1) is 5.69 Å². The Bertz CT molecular complexity index is 599. The summed E-state index contributed by atoms with van der Waals surface area (Å²) in [5.41, 5.74) is 2.90. The number of halogens is 1. The third-order valence-corrected chi connectivity index (χ3v) is 3.52. The highest BCUT2D eigenvalue weighted by Crippen LogP contribution is 2.20. The van der Waals surface area contributed by atoms with Gasteiger partial charge in [-0.05, 0) is 41.8 Å². The van der Waals surface area contributed by atoms with E-state index in [4.69, 9.17) is 0 Å². The number of anilines is 1. The van der Waals surface area contributed by atoms with E-state index >= 15 is 0 Å². The standard InChI is InChI=1S/C18H22FN3/c1-3-9-21-14-16-4-5-17(19)18(13-16)22(2)12-8-15-6-10-20-11-7-15/h3-7,10-11,13,21H,1,8-9,12,14H2,2H3. The lowest BCUT2D eigenvalue weighted by Crippen LogP contribution is -2.22. The number of aromatic nitrogens is 1. The summed E-state index contributed by atoms with van der Waals surface area (Å²) in [6.45, 7) is 5.87. The molecule has 0 spiro atoms. The van der Waals surface area contributed by atoms with Crippen LogP contribution in [0.25, 0.3) is 0 Å². The van der Waals surface area contributed by atoms with Gasteiger partial charge in [0.1, 0.15) is 5.82 Å². The van der Waals surface area contributed by atoms with Crippen LogP contribution < -0.4 is 10.2 Å². The Morgan fingerprint density at radius 3 is 2.73 bits per heavy atom. The third kappa shape index (κ3) is 4.67. The van der Waals surface area contributed by atoms with E-state index in [9.17, 15) is 4.39 Å². The summed E-state index contributed by atoms with van der Waals surface area (Å²) in [5, 5.41) is 3.23. The number of likely N-dealkylation sites (N-methyl/N-ethyl adjacent to an activating group) is 1. The van der Waals surface area contributed by atoms with Gasteiger partial charge in [-0.25, -0.2) is 4.39 Å². The first-order chi connectivity index (χ1) is 10.7. The van der Waals surface area contributed by atoms with Gasteiger partial charge in [0, 0.05) is 39.1 Å². The summed E-state index contributed by atoms with van der Waals surface area (Å²) < 4.78 is 14.0. The maximum atomic E-state index is 14.0. The van der Waals surface area contributed by atoms with E-state index in [0.29, 0.717) is 12.2 Å². The van der Waals surface area contributed by atoms with E-state index in [1.54, 1.807) is 12.4 Å². The summed E-state index contributed by atoms with van der Waals surface area (Å²) in [4.78, 5) is 5.96. The molecule has 0 aliphatic heterocycles. The van der Waals surface area contributed by atoms with Crippen LogP contribution in [0, 0.1) is 5.82 Å². The van der Waals surface area contributed by atoms with Crippen molar-refractivity contribution in [3.05, 3.63) is 72.3 Å². The van der Waals surface area contributed by atoms with Gasteiger partial charge in [-0.3, -0.25) is 4.98 Å². The summed E-state index contributed by atoms with van der Waals surface area (Å²) in [7, 11) is 1.92. The minimum absolute atomic E-state index is 0.190. The molecule has 22 heavy (non-hydrogen) atoms. The first kappa shape index (κ1) is 16.2. The monoisotopic (exact) mass is 299 g/mol. The second-order valence-electron chi connectivity index (χ2n) is 5.23. The minimum Gasteiger partial charge on any atom is -0.372 e. The lowest BCUT2D eigenvalue weighted by molar-refractivity contribution is 0.620. The zero-order valence-corrected chi connectivity index (χ0v) is 12.9. The van der Waals surface area contributed by atoms with Crippen molar-refractivity contribution in [3.8, 4) is 0 Å². The molecule has 1 aromatic heterocycles. The second-order valence-corrected chi connectivity index (χ2v) is 5.23. The third-order valence-electron chi connectivity index (χ3n) is 3.52. The van der Waals surface area contributed by atoms with Crippen molar-refractivity contribution in [2.24, 2.45) is 0 Å². The van der Waals surface area contributed by atoms with Crippen LogP contribution >= 0.6 is 0 Å². The number of benzene rings is 1. The van der Waals surface area contributed by atoms with E-state index in [1.807, 2.05) is 42.3 Å². The Morgan fingerprint density at radius 2 is 2.00 bits per heavy atom. The number of hydrogen-bond donors (Lipinski definition) is 1. The van der Waals surface area contributed by atoms with Crippen molar-refractivity contribution >= 4 is 5.69 Å². The number of pyridine rings is 1. The summed E-state index contributed by atoms with van der Waals surface area (Å²) in [6, 6.07) is 9.21. The molecule has 1 N–H and O–H groups in total. The molecule has 1 aromatic carbocycles. The summed E-state index contributed by atoms with van der Waals surface area (Å²) >= 11 is 0. The summed E-state index contributed by atoms with van der Waals surface area (Å²) in [5.74, 6) is -0.190. The smallest absolute Gasteiger partial charge is 0.146 e. The van der Waals surface area contributed by atoms with Crippen molar-refractivity contribution in [3.63, 3.8) is 0 Å². The molecule has 0 amide bonds. The van der Waals surface area contributed by atoms with Crippen molar-refractivity contribution in [2.75, 3.05) is 25.0 Å². The molecule has 2 aromatic rings. The Kier molecular flexibility index (Phi) is 6.10. The molecule has 3 nitrogen and oxygen atoms in total. The van der Waals surface area contributed by atoms with E-state index in [-0.39, 0.29) is 5.82 Å². The van der Waals surface area contributed by atoms with Crippen LogP contribution in [0.2, 0.25) is 0 Å². The highest BCUT2D eigenvalue weighted by atomic mass is 19.1. The van der Waals surface area contributed by atoms with Crippen molar-refractivity contribution in [2.45, 2.75) is 13.0 Å². The maximum absolute atomic E-state index is 14.0. The van der Waals surface area contributed by atoms with Crippen LogP contribution in [0.4, 0.5) is 10.1 Å². The van der Waals surface area contributed by atoms with Gasteiger partial charge in [-0.2, -0.15) is 0 Å². The molecule has 0 fully saturated rings. The molecule has 116 valence electrons. The average molecular weight is 299 g/mol. The molecule has 0 saturated heterocycles. The topological polar surface area (TPSA) is 28.2 Å². The van der Waals surface area contributed by atoms with Gasteiger partial charge in [0.25, 0.3) is 0 Å². The van der Waals surface area contributed by atoms with Crippen molar-refractivity contribution in [1.29, 1.82) is 0 Å². The Labute approximate surface area is 131 Å². The van der Waals surface area contributed by atoms with Crippen LogP contribution in [0.1, 0.15) is 11.1 Å². The van der Waals surface area contributed by atoms with Crippen molar-refractivity contribution < 1.29 is 4.39 Å². The van der Waals surface area contributed by atoms with Gasteiger partial charge < -0.3 is 10.2 Å². The van der Waals surface area contributed by atoms with Crippen LogP contribution in [0.3, 0.4) is 0 Å². The zero-order valence-electron chi connectivity index (χ0n) is 12.9. The zero-order chi connectivity index (χ0) is 15.8. The quantitative estimate of drug-likeness (QED) is 0.599. The van der Waals surface area contributed by atoms with E-state index in [1.165, 1.54) is 11.6 Å². The first-order valence-electron chi connectivity index (χ1n) is 7.41. The predicted octanol–water partition coefficient (Wildman–Crippen LogP) is 3.18. The van der Waals surface area contributed by atoms with Gasteiger partial charge in [0.2, 0.25) is 0 Å². The molecule has 0 bridgehead atoms. The first-order valence-corrected chi connectivity index (χ1v) is 7.41. The van der Waals surface area contributed by atoms with Gasteiger partial charge >= 0.3 is 0 Å². The number of hydrogen-bond acceptors (Lipinski definition) is 3. The number of nitrogens with one attached hydrogen (secondary N) is 1. The largest absolute Gasteiger partial charge is 0.372 e. The lowest BCUT2D eigenvalue weighted by atomic mass is 10.1. The van der Waals surface area contributed by atoms with Gasteiger partial charge in [-0.15, -0.1) is 6.58 Å². The normalized spacial score (nSPS) is 10.5. The molecule has 0 unspecified atom stereocenters. The molecular weight excluding hydrogens is 277 g/mol. The van der Waals surface area contributed by atoms with Crippen LogP contribution in [-0.2, 0) is 13.0 Å². The van der Waals surface area contributed by atoms with Gasteiger partial charge in [-0.1, -0.05) is 12.1 Å². The Morgan fingerprint density at radius 1 is 1.23 bits per heavy atom. The van der Waals surface area contributed by atoms with Crippen LogP contribution in [0.5, 0.6) is 0 Å². The number of rotatable bonds is 8. The Balaban J connectivity index is 1.99. The maximum Gasteiger partial charge on any atom is 0.146 e. The second kappa shape index (κ2) is 8.29. The molecule has 1 heterocycles. The van der Waals surface area contributed by atoms with E-state index < -0.39 is 0 Å². The van der Waals surface area contributed by atoms with E-state index in [0.717, 1.165) is 25.1 Å². The fourth-order valence-corrected chi connectivity index (χ4v) is 2.25. The van der Waals surface area contributed by atoms with Crippen molar-refractivity contribution in [1.82, 2.24) is 10.3 Å². The summed E-state index contributed by atoms with van der Waals surface area (Å²) in [6.07, 6.45) is 6.23. The molecule has 4 heteroatoms. The van der Waals surface area contributed by atoms with Crippen LogP contribution in [0.15, 0.2) is 55.4 Å². The van der Waals surface area contributed by atoms with Gasteiger partial charge in [0.15, 0.2) is 0 Å². The molecule has 0 saturated carbocycles. The molecular formula is C18H22FN3. The molecule has 0 aliphatic rings. The lowest BCUT2D eigenvalue weighted by Gasteiger charge is -2.21. The highest BCUT2D eigenvalue weighted by molar-refractivity contribution is 5.49. The molecule has 0 aliphatic carbocycles. The minimum atomic E-state index is -0.190. The van der Waals surface area contributed by atoms with E-state index in [2.05, 4.69) is 16.9 Å². The fraction of sp³-hybridized carbons (Fsp3) is 0.278. The molecule has 2 rings (SSSR count). The predicted molar refractivity (Wildman–Crippen MR) is 89.5 cm³/mol. The Hall–Kier alpha value is -2.20.